The highest BCUT2D eigenvalue weighted by atomic mass is 79.9. The monoisotopic (exact) mass is 325 g/mol. The summed E-state index contributed by atoms with van der Waals surface area (Å²) in [7, 11) is -3.66. The number of sulfonamides is 1. The van der Waals surface area contributed by atoms with Crippen LogP contribution in [0.1, 0.15) is 18.4 Å². The summed E-state index contributed by atoms with van der Waals surface area (Å²) < 4.78 is 27.9. The minimum absolute atomic E-state index is 0.149. The van der Waals surface area contributed by atoms with E-state index >= 15 is 0 Å². The Hall–Kier alpha value is -1.39. The van der Waals surface area contributed by atoms with Gasteiger partial charge in [0.15, 0.2) is 0 Å². The third kappa shape index (κ3) is 1.72. The van der Waals surface area contributed by atoms with Gasteiger partial charge in [0.1, 0.15) is 11.2 Å². The van der Waals surface area contributed by atoms with Crippen LogP contribution in [0.25, 0.3) is 0 Å². The third-order valence-corrected chi connectivity index (χ3v) is 5.14. The molecule has 1 aliphatic carbocycles. The molecule has 1 aliphatic heterocycles. The number of nitrogens with zero attached hydrogens (tertiary/aromatic N) is 3. The molecule has 0 aromatic heterocycles. The quantitative estimate of drug-likeness (QED) is 0.791. The first-order valence-corrected chi connectivity index (χ1v) is 7.59. The standard InChI is InChI=1S/C11H8BrN3O2S/c12-9-3-7(5-13)4-10-11(9)18(16,17)14-6-15(10)8-1-2-8/h3-4,6,8H,1-2H2. The molecule has 2 aliphatic rings. The molecule has 0 saturated heterocycles. The molecule has 3 rings (SSSR count). The lowest BCUT2D eigenvalue weighted by molar-refractivity contribution is 0.596. The Balaban J connectivity index is 2.29. The topological polar surface area (TPSA) is 73.5 Å². The maximum atomic E-state index is 11.9. The molecule has 0 spiro atoms. The zero-order valence-electron chi connectivity index (χ0n) is 9.17. The van der Waals surface area contributed by atoms with Gasteiger partial charge in [-0.05, 0) is 40.9 Å². The molecule has 92 valence electrons. The molecule has 0 radical (unpaired) electrons. The van der Waals surface area contributed by atoms with Crippen LogP contribution in [0.5, 0.6) is 0 Å². The molecule has 18 heavy (non-hydrogen) atoms. The van der Waals surface area contributed by atoms with Gasteiger partial charge < -0.3 is 4.90 Å². The van der Waals surface area contributed by atoms with Crippen LogP contribution in [0.3, 0.4) is 0 Å². The molecule has 1 fully saturated rings. The molecule has 1 aromatic rings. The number of benzene rings is 1. The van der Waals surface area contributed by atoms with E-state index in [0.29, 0.717) is 21.8 Å². The summed E-state index contributed by atoms with van der Waals surface area (Å²) in [5.41, 5.74) is 0.968. The smallest absolute Gasteiger partial charge is 0.286 e. The summed E-state index contributed by atoms with van der Waals surface area (Å²) in [6.45, 7) is 0. The summed E-state index contributed by atoms with van der Waals surface area (Å²) in [5.74, 6) is 0. The molecule has 1 aromatic carbocycles. The van der Waals surface area contributed by atoms with E-state index in [1.807, 2.05) is 11.0 Å². The third-order valence-electron chi connectivity index (χ3n) is 2.94. The van der Waals surface area contributed by atoms with Crippen LogP contribution in [-0.4, -0.2) is 20.8 Å². The Bertz CT molecular complexity index is 702. The normalized spacial score (nSPS) is 20.3. The fourth-order valence-corrected chi connectivity index (χ4v) is 4.09. The molecular formula is C11H8BrN3O2S. The number of halogens is 1. The number of fused-ring (bicyclic) bond motifs is 1. The van der Waals surface area contributed by atoms with Crippen molar-refractivity contribution in [1.29, 1.82) is 5.26 Å². The minimum Gasteiger partial charge on any atom is -0.327 e. The van der Waals surface area contributed by atoms with Gasteiger partial charge in [0.2, 0.25) is 0 Å². The number of hydrogen-bond donors (Lipinski definition) is 0. The Labute approximate surface area is 113 Å². The van der Waals surface area contributed by atoms with Gasteiger partial charge in [0.25, 0.3) is 10.0 Å². The van der Waals surface area contributed by atoms with Crippen molar-refractivity contribution in [3.8, 4) is 6.07 Å². The minimum atomic E-state index is -3.66. The van der Waals surface area contributed by atoms with Crippen molar-refractivity contribution >= 4 is 38.0 Å². The second-order valence-electron chi connectivity index (χ2n) is 4.25. The second kappa shape index (κ2) is 3.80. The average molecular weight is 326 g/mol. The van der Waals surface area contributed by atoms with Gasteiger partial charge in [0.05, 0.1) is 17.3 Å². The highest BCUT2D eigenvalue weighted by Gasteiger charge is 2.36. The predicted octanol–water partition coefficient (Wildman–Crippen LogP) is 2.02. The van der Waals surface area contributed by atoms with Crippen molar-refractivity contribution in [1.82, 2.24) is 0 Å². The first kappa shape index (κ1) is 11.7. The second-order valence-corrected chi connectivity index (χ2v) is 6.68. The zero-order chi connectivity index (χ0) is 12.9. The summed E-state index contributed by atoms with van der Waals surface area (Å²) >= 11 is 3.22. The van der Waals surface area contributed by atoms with Gasteiger partial charge in [-0.25, -0.2) is 0 Å². The Morgan fingerprint density at radius 2 is 2.17 bits per heavy atom. The van der Waals surface area contributed by atoms with Crippen molar-refractivity contribution in [2.45, 2.75) is 23.8 Å². The van der Waals surface area contributed by atoms with Crippen molar-refractivity contribution in [3.05, 3.63) is 22.2 Å². The predicted molar refractivity (Wildman–Crippen MR) is 70.0 cm³/mol. The van der Waals surface area contributed by atoms with Crippen molar-refractivity contribution in [2.75, 3.05) is 4.90 Å². The maximum absolute atomic E-state index is 11.9. The number of hydrogen-bond acceptors (Lipinski definition) is 4. The van der Waals surface area contributed by atoms with E-state index < -0.39 is 10.0 Å². The van der Waals surface area contributed by atoms with Crippen LogP contribution < -0.4 is 4.90 Å². The zero-order valence-corrected chi connectivity index (χ0v) is 11.6. The van der Waals surface area contributed by atoms with E-state index in [1.165, 1.54) is 12.4 Å². The Morgan fingerprint density at radius 3 is 2.78 bits per heavy atom. The molecule has 0 bridgehead atoms. The van der Waals surface area contributed by atoms with Crippen LogP contribution in [0.2, 0.25) is 0 Å². The van der Waals surface area contributed by atoms with Crippen LogP contribution in [0.15, 0.2) is 25.9 Å². The van der Waals surface area contributed by atoms with Gasteiger partial charge >= 0.3 is 0 Å². The molecule has 1 heterocycles. The van der Waals surface area contributed by atoms with Crippen molar-refractivity contribution in [2.24, 2.45) is 4.40 Å². The summed E-state index contributed by atoms with van der Waals surface area (Å²) in [4.78, 5) is 1.98. The number of rotatable bonds is 1. The highest BCUT2D eigenvalue weighted by molar-refractivity contribution is 9.10. The van der Waals surface area contributed by atoms with E-state index in [1.54, 1.807) is 6.07 Å². The Morgan fingerprint density at radius 1 is 1.44 bits per heavy atom. The van der Waals surface area contributed by atoms with Gasteiger partial charge in [-0.15, -0.1) is 4.40 Å². The molecule has 0 amide bonds. The highest BCUT2D eigenvalue weighted by Crippen LogP contribution is 2.41. The largest absolute Gasteiger partial charge is 0.327 e. The molecular weight excluding hydrogens is 318 g/mol. The molecule has 0 atom stereocenters. The fourth-order valence-electron chi connectivity index (χ4n) is 1.96. The van der Waals surface area contributed by atoms with Crippen LogP contribution in [0.4, 0.5) is 5.69 Å². The summed E-state index contributed by atoms with van der Waals surface area (Å²) in [5, 5.41) is 8.96. The SMILES string of the molecule is N#Cc1cc(Br)c2c(c1)N(C1CC1)C=NS2(=O)=O. The van der Waals surface area contributed by atoms with Crippen molar-refractivity contribution in [3.63, 3.8) is 0 Å². The van der Waals surface area contributed by atoms with Crippen LogP contribution >= 0.6 is 15.9 Å². The van der Waals surface area contributed by atoms with Crippen LogP contribution in [-0.2, 0) is 10.0 Å². The Kier molecular flexibility index (Phi) is 2.47. The average Bonchev–Trinajstić information content (AvgIpc) is 3.11. The number of nitriles is 1. The first-order chi connectivity index (χ1) is 8.53. The molecule has 0 N–H and O–H groups in total. The maximum Gasteiger partial charge on any atom is 0.286 e. The first-order valence-electron chi connectivity index (χ1n) is 5.35. The van der Waals surface area contributed by atoms with Gasteiger partial charge in [-0.1, -0.05) is 0 Å². The van der Waals surface area contributed by atoms with E-state index in [4.69, 9.17) is 5.26 Å². The van der Waals surface area contributed by atoms with Crippen molar-refractivity contribution < 1.29 is 8.42 Å². The van der Waals surface area contributed by atoms with Crippen LogP contribution in [0, 0.1) is 11.3 Å². The number of anilines is 1. The molecule has 0 unspecified atom stereocenters. The summed E-state index contributed by atoms with van der Waals surface area (Å²) in [6, 6.07) is 5.43. The fraction of sp³-hybridized carbons (Fsp3) is 0.273. The van der Waals surface area contributed by atoms with E-state index in [9.17, 15) is 8.42 Å². The lowest BCUT2D eigenvalue weighted by Gasteiger charge is -2.25. The van der Waals surface area contributed by atoms with E-state index in [0.717, 1.165) is 12.8 Å². The van der Waals surface area contributed by atoms with Gasteiger partial charge in [0, 0.05) is 10.5 Å². The molecule has 1 saturated carbocycles. The lowest BCUT2D eigenvalue weighted by Crippen LogP contribution is -2.29. The lowest BCUT2D eigenvalue weighted by atomic mass is 10.2. The van der Waals surface area contributed by atoms with E-state index in [2.05, 4.69) is 20.3 Å². The van der Waals surface area contributed by atoms with E-state index in [-0.39, 0.29) is 4.90 Å². The molecule has 5 nitrogen and oxygen atoms in total. The summed E-state index contributed by atoms with van der Waals surface area (Å²) in [6.07, 6.45) is 3.38. The van der Waals surface area contributed by atoms with Gasteiger partial charge in [-0.3, -0.25) is 0 Å². The van der Waals surface area contributed by atoms with Gasteiger partial charge in [-0.2, -0.15) is 13.7 Å². The molecule has 7 heteroatoms.